The first-order chi connectivity index (χ1) is 13.2. The molecule has 2 N–H and O–H groups in total. The Bertz CT molecular complexity index is 763. The number of halogens is 4. The van der Waals surface area contributed by atoms with Gasteiger partial charge >= 0.3 is 6.18 Å². The summed E-state index contributed by atoms with van der Waals surface area (Å²) in [5.74, 6) is -0.294. The molecule has 0 spiro atoms. The molecule has 0 fully saturated rings. The van der Waals surface area contributed by atoms with Crippen molar-refractivity contribution in [3.8, 4) is 0 Å². The van der Waals surface area contributed by atoms with Crippen LogP contribution in [0.5, 0.6) is 0 Å². The van der Waals surface area contributed by atoms with Gasteiger partial charge in [-0.15, -0.1) is 0 Å². The number of nitrogens with zero attached hydrogens (tertiary/aromatic N) is 2. The summed E-state index contributed by atoms with van der Waals surface area (Å²) in [6, 6.07) is 2.44. The number of amides is 1. The number of carbonyl (C=O) groups is 1. The standard InChI is InChI=1S/C19H24ClF3N4O/c1-13(2)17(18(28)25-7-3-4-9-27-10-8-24-12-27)26-16-6-5-14(11-15(16)20)19(21,22)23/h5-6,8,10-13,17,26H,3-4,7,9H2,1-2H3,(H,25,28)/t17-/m0/s1. The lowest BCUT2D eigenvalue weighted by Crippen LogP contribution is -2.43. The van der Waals surface area contributed by atoms with Crippen LogP contribution in [0.15, 0.2) is 36.9 Å². The van der Waals surface area contributed by atoms with Gasteiger partial charge in [-0.1, -0.05) is 25.4 Å². The lowest BCUT2D eigenvalue weighted by molar-refractivity contribution is -0.137. The first kappa shape index (κ1) is 22.1. The molecular weight excluding hydrogens is 393 g/mol. The Hall–Kier alpha value is -2.22. The predicted octanol–water partition coefficient (Wildman–Crippen LogP) is 4.59. The molecule has 1 heterocycles. The van der Waals surface area contributed by atoms with Crippen molar-refractivity contribution in [1.29, 1.82) is 0 Å². The third-order valence-corrected chi connectivity index (χ3v) is 4.57. The minimum Gasteiger partial charge on any atom is -0.372 e. The number of aromatic nitrogens is 2. The van der Waals surface area contributed by atoms with E-state index in [9.17, 15) is 18.0 Å². The Balaban J connectivity index is 1.88. The number of benzene rings is 1. The fraction of sp³-hybridized carbons (Fsp3) is 0.474. The number of rotatable bonds is 9. The van der Waals surface area contributed by atoms with Crippen molar-refractivity contribution in [2.45, 2.75) is 45.5 Å². The minimum atomic E-state index is -4.46. The van der Waals surface area contributed by atoms with Crippen molar-refractivity contribution in [2.75, 3.05) is 11.9 Å². The number of imidazole rings is 1. The van der Waals surface area contributed by atoms with Crippen LogP contribution >= 0.6 is 11.6 Å². The highest BCUT2D eigenvalue weighted by molar-refractivity contribution is 6.33. The number of alkyl halides is 3. The van der Waals surface area contributed by atoms with E-state index in [2.05, 4.69) is 15.6 Å². The summed E-state index contributed by atoms with van der Waals surface area (Å²) in [5, 5.41) is 5.76. The van der Waals surface area contributed by atoms with Crippen LogP contribution in [0.25, 0.3) is 0 Å². The van der Waals surface area contributed by atoms with Crippen LogP contribution in [0.4, 0.5) is 18.9 Å². The maximum Gasteiger partial charge on any atom is 0.416 e. The summed E-state index contributed by atoms with van der Waals surface area (Å²) in [7, 11) is 0. The fourth-order valence-electron chi connectivity index (χ4n) is 2.67. The second-order valence-electron chi connectivity index (χ2n) is 6.86. The molecule has 0 aliphatic carbocycles. The van der Waals surface area contributed by atoms with Crippen molar-refractivity contribution in [3.05, 3.63) is 47.5 Å². The molecule has 0 unspecified atom stereocenters. The maximum absolute atomic E-state index is 12.8. The highest BCUT2D eigenvalue weighted by Crippen LogP contribution is 2.34. The molecular formula is C19H24ClF3N4O. The molecule has 0 aliphatic rings. The average molecular weight is 417 g/mol. The lowest BCUT2D eigenvalue weighted by Gasteiger charge is -2.23. The first-order valence-electron chi connectivity index (χ1n) is 9.05. The van der Waals surface area contributed by atoms with Crippen molar-refractivity contribution in [2.24, 2.45) is 5.92 Å². The molecule has 9 heteroatoms. The minimum absolute atomic E-state index is 0.0754. The second kappa shape index (κ2) is 9.82. The molecule has 0 aliphatic heterocycles. The van der Waals surface area contributed by atoms with Crippen molar-refractivity contribution >= 4 is 23.2 Å². The van der Waals surface area contributed by atoms with E-state index in [1.165, 1.54) is 6.07 Å². The van der Waals surface area contributed by atoms with Gasteiger partial charge in [0.2, 0.25) is 5.91 Å². The molecule has 1 aromatic carbocycles. The fourth-order valence-corrected chi connectivity index (χ4v) is 2.91. The van der Waals surface area contributed by atoms with Gasteiger partial charge in [-0.05, 0) is 37.0 Å². The van der Waals surface area contributed by atoms with Gasteiger partial charge < -0.3 is 15.2 Å². The average Bonchev–Trinajstić information content (AvgIpc) is 3.12. The third-order valence-electron chi connectivity index (χ3n) is 4.26. The Morgan fingerprint density at radius 3 is 2.61 bits per heavy atom. The smallest absolute Gasteiger partial charge is 0.372 e. The molecule has 0 saturated carbocycles. The summed E-state index contributed by atoms with van der Waals surface area (Å²) in [4.78, 5) is 16.5. The molecule has 1 atom stereocenters. The van der Waals surface area contributed by atoms with Crippen LogP contribution in [0.1, 0.15) is 32.3 Å². The van der Waals surface area contributed by atoms with Gasteiger partial charge in [0, 0.05) is 25.5 Å². The quantitative estimate of drug-likeness (QED) is 0.588. The van der Waals surface area contributed by atoms with Gasteiger partial charge in [0.15, 0.2) is 0 Å². The monoisotopic (exact) mass is 416 g/mol. The lowest BCUT2D eigenvalue weighted by atomic mass is 10.0. The van der Waals surface area contributed by atoms with E-state index in [4.69, 9.17) is 11.6 Å². The van der Waals surface area contributed by atoms with Crippen LogP contribution in [-0.4, -0.2) is 28.0 Å². The Morgan fingerprint density at radius 1 is 1.29 bits per heavy atom. The summed E-state index contributed by atoms with van der Waals surface area (Å²) in [6.07, 6.45) is 2.56. The maximum atomic E-state index is 12.8. The van der Waals surface area contributed by atoms with Gasteiger partial charge in [0.1, 0.15) is 6.04 Å². The van der Waals surface area contributed by atoms with E-state index < -0.39 is 17.8 Å². The Labute approximate surface area is 167 Å². The third kappa shape index (κ3) is 6.44. The highest BCUT2D eigenvalue weighted by Gasteiger charge is 2.31. The van der Waals surface area contributed by atoms with E-state index in [0.717, 1.165) is 31.5 Å². The number of hydrogen-bond donors (Lipinski definition) is 2. The number of unbranched alkanes of at least 4 members (excludes halogenated alkanes) is 1. The number of carbonyl (C=O) groups excluding carboxylic acids is 1. The van der Waals surface area contributed by atoms with E-state index in [1.807, 2.05) is 24.6 Å². The Morgan fingerprint density at radius 2 is 2.04 bits per heavy atom. The number of anilines is 1. The largest absolute Gasteiger partial charge is 0.416 e. The molecule has 1 aromatic heterocycles. The first-order valence-corrected chi connectivity index (χ1v) is 9.43. The number of hydrogen-bond acceptors (Lipinski definition) is 3. The number of aryl methyl sites for hydroxylation is 1. The van der Waals surface area contributed by atoms with Crippen LogP contribution in [0, 0.1) is 5.92 Å². The van der Waals surface area contributed by atoms with Crippen LogP contribution < -0.4 is 10.6 Å². The van der Waals surface area contributed by atoms with Gasteiger partial charge in [0.25, 0.3) is 0 Å². The molecule has 0 saturated heterocycles. The summed E-state index contributed by atoms with van der Waals surface area (Å²) >= 11 is 5.98. The molecule has 0 radical (unpaired) electrons. The zero-order chi connectivity index (χ0) is 20.7. The summed E-state index contributed by atoms with van der Waals surface area (Å²) in [6.45, 7) is 5.05. The SMILES string of the molecule is CC(C)[C@H](Nc1ccc(C(F)(F)F)cc1Cl)C(=O)NCCCCn1ccnc1. The highest BCUT2D eigenvalue weighted by atomic mass is 35.5. The zero-order valence-electron chi connectivity index (χ0n) is 15.8. The molecule has 28 heavy (non-hydrogen) atoms. The van der Waals surface area contributed by atoms with Crippen molar-refractivity contribution in [3.63, 3.8) is 0 Å². The van der Waals surface area contributed by atoms with Crippen LogP contribution in [0.2, 0.25) is 5.02 Å². The molecule has 2 rings (SSSR count). The topological polar surface area (TPSA) is 59.0 Å². The summed E-state index contributed by atoms with van der Waals surface area (Å²) in [5.41, 5.74) is -0.532. The molecule has 2 aromatic rings. The predicted molar refractivity (Wildman–Crippen MR) is 103 cm³/mol. The normalized spacial score (nSPS) is 12.8. The van der Waals surface area contributed by atoms with Crippen molar-refractivity contribution in [1.82, 2.24) is 14.9 Å². The van der Waals surface area contributed by atoms with E-state index >= 15 is 0 Å². The number of nitrogens with one attached hydrogen (secondary N) is 2. The van der Waals surface area contributed by atoms with Gasteiger partial charge in [-0.2, -0.15) is 13.2 Å². The van der Waals surface area contributed by atoms with Crippen molar-refractivity contribution < 1.29 is 18.0 Å². The second-order valence-corrected chi connectivity index (χ2v) is 7.26. The van der Waals surface area contributed by atoms with E-state index in [1.54, 1.807) is 12.5 Å². The molecule has 1 amide bonds. The van der Waals surface area contributed by atoms with Gasteiger partial charge in [-0.25, -0.2) is 4.98 Å². The molecule has 0 bridgehead atoms. The molecule has 154 valence electrons. The van der Waals surface area contributed by atoms with E-state index in [0.29, 0.717) is 12.2 Å². The Kier molecular flexibility index (Phi) is 7.74. The van der Waals surface area contributed by atoms with Crippen LogP contribution in [-0.2, 0) is 17.5 Å². The summed E-state index contributed by atoms with van der Waals surface area (Å²) < 4.78 is 40.3. The molecule has 5 nitrogen and oxygen atoms in total. The van der Waals surface area contributed by atoms with E-state index in [-0.39, 0.29) is 16.8 Å². The van der Waals surface area contributed by atoms with Gasteiger partial charge in [0.05, 0.1) is 22.6 Å². The zero-order valence-corrected chi connectivity index (χ0v) is 16.5. The van der Waals surface area contributed by atoms with Crippen LogP contribution in [0.3, 0.4) is 0 Å². The van der Waals surface area contributed by atoms with Gasteiger partial charge in [-0.3, -0.25) is 4.79 Å².